The Balaban J connectivity index is 1.81. The summed E-state index contributed by atoms with van der Waals surface area (Å²) >= 11 is 8.17. The highest BCUT2D eigenvalue weighted by atomic mass is 127. The number of carbonyl (C=O) groups is 1. The van der Waals surface area contributed by atoms with E-state index in [2.05, 4.69) is 29.5 Å². The van der Waals surface area contributed by atoms with E-state index in [0.717, 1.165) is 38.5 Å². The Kier molecular flexibility index (Phi) is 11.2. The van der Waals surface area contributed by atoms with Crippen molar-refractivity contribution in [2.75, 3.05) is 13.0 Å². The number of carbonyl (C=O) groups excluding carboxylic acids is 1. The van der Waals surface area contributed by atoms with Gasteiger partial charge in [-0.15, -0.1) is 11.6 Å². The molecule has 1 saturated carbocycles. The minimum atomic E-state index is -0.486. The van der Waals surface area contributed by atoms with Gasteiger partial charge in [0, 0.05) is 28.6 Å². The van der Waals surface area contributed by atoms with Gasteiger partial charge in [-0.25, -0.2) is 0 Å². The molecule has 0 spiro atoms. The van der Waals surface area contributed by atoms with Gasteiger partial charge in [-0.3, -0.25) is 4.79 Å². The maximum absolute atomic E-state index is 11.3. The molecule has 0 aromatic heterocycles. The lowest BCUT2D eigenvalue weighted by atomic mass is 9.88. The third-order valence-corrected chi connectivity index (χ3v) is 7.96. The summed E-state index contributed by atoms with van der Waals surface area (Å²) in [7, 11) is 1.42. The highest BCUT2D eigenvalue weighted by Crippen LogP contribution is 2.46. The van der Waals surface area contributed by atoms with E-state index in [4.69, 9.17) is 21.1 Å². The molecule has 2 rings (SSSR count). The largest absolute Gasteiger partial charge is 0.469 e. The number of aliphatic hydroxyl groups is 2. The van der Waals surface area contributed by atoms with Gasteiger partial charge in [0.1, 0.15) is 0 Å². The van der Waals surface area contributed by atoms with Gasteiger partial charge in [0.2, 0.25) is 0 Å². The quantitative estimate of drug-likeness (QED) is 0.167. The van der Waals surface area contributed by atoms with Crippen LogP contribution in [0.4, 0.5) is 0 Å². The topological polar surface area (TPSA) is 76.0 Å². The summed E-state index contributed by atoms with van der Waals surface area (Å²) in [6.07, 6.45) is 9.68. The first-order valence-electron chi connectivity index (χ1n) is 10.8. The molecule has 8 atom stereocenters. The highest BCUT2D eigenvalue weighted by molar-refractivity contribution is 14.1. The summed E-state index contributed by atoms with van der Waals surface area (Å²) in [5.41, 5.74) is 0. The number of hydrogen-bond donors (Lipinski definition) is 2. The van der Waals surface area contributed by atoms with Crippen LogP contribution in [-0.4, -0.2) is 57.5 Å². The lowest BCUT2D eigenvalue weighted by Crippen LogP contribution is -2.24. The molecule has 2 aliphatic rings. The van der Waals surface area contributed by atoms with E-state index in [1.54, 1.807) is 0 Å². The molecule has 1 aliphatic heterocycles. The van der Waals surface area contributed by atoms with Crippen molar-refractivity contribution in [3.63, 3.8) is 0 Å². The molecule has 0 amide bonds. The molecule has 1 heterocycles. The van der Waals surface area contributed by atoms with Gasteiger partial charge in [-0.05, 0) is 50.4 Å². The van der Waals surface area contributed by atoms with Gasteiger partial charge in [0.25, 0.3) is 0 Å². The van der Waals surface area contributed by atoms with Crippen molar-refractivity contribution in [2.45, 2.75) is 86.6 Å². The first-order chi connectivity index (χ1) is 13.8. The smallest absolute Gasteiger partial charge is 0.305 e. The van der Waals surface area contributed by atoms with Gasteiger partial charge in [0.15, 0.2) is 0 Å². The number of ether oxygens (including phenoxy) is 2. The lowest BCUT2D eigenvalue weighted by molar-refractivity contribution is -0.140. The van der Waals surface area contributed by atoms with Crippen molar-refractivity contribution in [1.82, 2.24) is 0 Å². The third-order valence-electron chi connectivity index (χ3n) is 6.27. The van der Waals surface area contributed by atoms with Crippen molar-refractivity contribution in [3.05, 3.63) is 12.2 Å². The lowest BCUT2D eigenvalue weighted by Gasteiger charge is -2.21. The number of hydrogen-bond acceptors (Lipinski definition) is 5. The van der Waals surface area contributed by atoms with E-state index in [1.165, 1.54) is 7.11 Å². The first kappa shape index (κ1) is 25.4. The maximum Gasteiger partial charge on any atom is 0.305 e. The minimum absolute atomic E-state index is 0.0384. The van der Waals surface area contributed by atoms with Crippen LogP contribution in [0.3, 0.4) is 0 Å². The second-order valence-corrected chi connectivity index (χ2v) is 10.6. The van der Waals surface area contributed by atoms with Crippen LogP contribution in [0.1, 0.15) is 58.3 Å². The molecule has 2 fully saturated rings. The molecule has 0 aromatic carbocycles. The molecule has 29 heavy (non-hydrogen) atoms. The first-order valence-corrected chi connectivity index (χ1v) is 12.6. The Labute approximate surface area is 193 Å². The molecule has 0 radical (unpaired) electrons. The van der Waals surface area contributed by atoms with Crippen LogP contribution in [0.2, 0.25) is 0 Å². The minimum Gasteiger partial charge on any atom is -0.469 e. The predicted octanol–water partition coefficient (Wildman–Crippen LogP) is 4.25. The zero-order valence-electron chi connectivity index (χ0n) is 17.5. The van der Waals surface area contributed by atoms with Crippen molar-refractivity contribution in [3.8, 4) is 0 Å². The zero-order valence-corrected chi connectivity index (χ0v) is 20.4. The fourth-order valence-electron chi connectivity index (χ4n) is 4.64. The Hall–Kier alpha value is 0.110. The van der Waals surface area contributed by atoms with Crippen LogP contribution in [0, 0.1) is 17.8 Å². The number of esters is 1. The Bertz CT molecular complexity index is 531. The summed E-state index contributed by atoms with van der Waals surface area (Å²) < 4.78 is 11.3. The number of aliphatic hydroxyl groups excluding tert-OH is 2. The van der Waals surface area contributed by atoms with Crippen LogP contribution in [0.5, 0.6) is 0 Å². The van der Waals surface area contributed by atoms with Crippen LogP contribution >= 0.6 is 34.2 Å². The van der Waals surface area contributed by atoms with E-state index >= 15 is 0 Å². The maximum atomic E-state index is 11.3. The van der Waals surface area contributed by atoms with Gasteiger partial charge >= 0.3 is 5.97 Å². The van der Waals surface area contributed by atoms with E-state index in [0.29, 0.717) is 34.5 Å². The van der Waals surface area contributed by atoms with Gasteiger partial charge in [-0.2, -0.15) is 0 Å². The number of rotatable bonds is 12. The second-order valence-electron chi connectivity index (χ2n) is 8.60. The number of fused-ring (bicyclic) bond motifs is 1. The highest BCUT2D eigenvalue weighted by Gasteiger charge is 2.49. The average Bonchev–Trinajstić information content (AvgIpc) is 3.21. The molecule has 2 unspecified atom stereocenters. The monoisotopic (exact) mass is 542 g/mol. The van der Waals surface area contributed by atoms with Gasteiger partial charge in [0.05, 0.1) is 31.5 Å². The second kappa shape index (κ2) is 12.8. The Morgan fingerprint density at radius 3 is 2.79 bits per heavy atom. The third kappa shape index (κ3) is 7.95. The Morgan fingerprint density at radius 1 is 1.34 bits per heavy atom. The van der Waals surface area contributed by atoms with Crippen LogP contribution in [0.15, 0.2) is 12.2 Å². The van der Waals surface area contributed by atoms with Crippen molar-refractivity contribution in [2.24, 2.45) is 17.8 Å². The summed E-state index contributed by atoms with van der Waals surface area (Å²) in [6, 6.07) is 0. The number of halogens is 2. The standard InChI is InChI=1S/C22H36ClIO5/c1-14(5-4-10-23)11-15(25)8-9-16-17-12-21(29-20(17)13-19(16)26)18(24)6-3-7-22(27)28-2/h8-9,14-21,25-26H,3-7,10-13H2,1-2H3/b9-8+/t14-,15-,16-,17-,18?,19-,20-,21?/m1/s1. The number of alkyl halides is 2. The molecule has 1 saturated heterocycles. The molecule has 168 valence electrons. The summed E-state index contributed by atoms with van der Waals surface area (Å²) in [4.78, 5) is 11.3. The summed E-state index contributed by atoms with van der Waals surface area (Å²) in [5, 5.41) is 20.8. The van der Waals surface area contributed by atoms with Crippen LogP contribution < -0.4 is 0 Å². The van der Waals surface area contributed by atoms with E-state index in [1.807, 2.05) is 12.2 Å². The fourth-order valence-corrected chi connectivity index (χ4v) is 5.70. The van der Waals surface area contributed by atoms with Gasteiger partial charge < -0.3 is 19.7 Å². The molecule has 1 aliphatic carbocycles. The van der Waals surface area contributed by atoms with E-state index < -0.39 is 12.2 Å². The van der Waals surface area contributed by atoms with Crippen LogP contribution in [-0.2, 0) is 14.3 Å². The van der Waals surface area contributed by atoms with Crippen molar-refractivity contribution >= 4 is 40.2 Å². The average molecular weight is 543 g/mol. The van der Waals surface area contributed by atoms with Gasteiger partial charge in [-0.1, -0.05) is 41.7 Å². The SMILES string of the molecule is COC(=O)CCCC(I)C1C[C@@H]2[C@@H](/C=C/[C@@H](O)C[C@H](C)CCCCl)[C@H](O)C[C@H]2O1. The summed E-state index contributed by atoms with van der Waals surface area (Å²) in [6.45, 7) is 2.14. The zero-order chi connectivity index (χ0) is 21.4. The molecular formula is C22H36ClIO5. The number of methoxy groups -OCH3 is 1. The van der Waals surface area contributed by atoms with E-state index in [-0.39, 0.29) is 24.1 Å². The molecule has 7 heteroatoms. The van der Waals surface area contributed by atoms with E-state index in [9.17, 15) is 15.0 Å². The molecule has 2 N–H and O–H groups in total. The fraction of sp³-hybridized carbons (Fsp3) is 0.864. The molecular weight excluding hydrogens is 507 g/mol. The van der Waals surface area contributed by atoms with Crippen molar-refractivity contribution in [1.29, 1.82) is 0 Å². The normalized spacial score (nSPS) is 32.3. The molecule has 0 bridgehead atoms. The van der Waals surface area contributed by atoms with Crippen LogP contribution in [0.25, 0.3) is 0 Å². The Morgan fingerprint density at radius 2 is 2.10 bits per heavy atom. The summed E-state index contributed by atoms with van der Waals surface area (Å²) in [5.74, 6) is 1.26. The molecule has 0 aromatic rings. The molecule has 5 nitrogen and oxygen atoms in total. The predicted molar refractivity (Wildman–Crippen MR) is 123 cm³/mol. The van der Waals surface area contributed by atoms with Crippen molar-refractivity contribution < 1.29 is 24.5 Å².